The van der Waals surface area contributed by atoms with Gasteiger partial charge in [0, 0.05) is 25.9 Å². The molecule has 0 bridgehead atoms. The van der Waals surface area contributed by atoms with E-state index in [1.165, 1.54) is 19.3 Å². The number of nitrogens with zero attached hydrogens (tertiary/aromatic N) is 2. The molecule has 0 unspecified atom stereocenters. The Balaban J connectivity index is 1.80. The van der Waals surface area contributed by atoms with Crippen molar-refractivity contribution in [3.05, 3.63) is 0 Å². The quantitative estimate of drug-likeness (QED) is 0.763. The number of ketones is 1. The zero-order chi connectivity index (χ0) is 13.9. The van der Waals surface area contributed by atoms with Gasteiger partial charge in [-0.25, -0.2) is 0 Å². The summed E-state index contributed by atoms with van der Waals surface area (Å²) >= 11 is 0. The van der Waals surface area contributed by atoms with Crippen molar-refractivity contribution in [2.45, 2.75) is 46.0 Å². The summed E-state index contributed by atoms with van der Waals surface area (Å²) in [6, 6.07) is 0. The number of Topliss-reactive ketones (excluding diaryl/α,β-unsaturated/α-hetero) is 1. The van der Waals surface area contributed by atoms with Gasteiger partial charge in [0.25, 0.3) is 0 Å². The van der Waals surface area contributed by atoms with Crippen LogP contribution in [0.1, 0.15) is 46.0 Å². The number of hydrogen-bond donors (Lipinski definition) is 0. The standard InChI is InChI=1S/C15H26N2O2/c1-15(2)6-3-8-16(11-7-15)12-14(19)17-9-4-13(18)5-10-17/h3-12H2,1-2H3. The molecular formula is C15H26N2O2. The number of rotatable bonds is 2. The first-order valence-corrected chi connectivity index (χ1v) is 7.48. The topological polar surface area (TPSA) is 40.6 Å². The van der Waals surface area contributed by atoms with Gasteiger partial charge in [0.05, 0.1) is 6.54 Å². The number of amides is 1. The minimum atomic E-state index is 0.201. The molecule has 0 spiro atoms. The van der Waals surface area contributed by atoms with Crippen LogP contribution in [0.15, 0.2) is 0 Å². The van der Waals surface area contributed by atoms with Crippen LogP contribution in [-0.4, -0.2) is 54.2 Å². The molecule has 2 rings (SSSR count). The van der Waals surface area contributed by atoms with Gasteiger partial charge in [-0.1, -0.05) is 13.8 Å². The molecule has 0 N–H and O–H groups in total. The Bertz CT molecular complexity index is 342. The van der Waals surface area contributed by atoms with Crippen LogP contribution in [0.5, 0.6) is 0 Å². The molecule has 0 saturated carbocycles. The van der Waals surface area contributed by atoms with Crippen LogP contribution in [0.3, 0.4) is 0 Å². The first kappa shape index (κ1) is 14.5. The third-order valence-corrected chi connectivity index (χ3v) is 4.47. The molecule has 2 aliphatic rings. The van der Waals surface area contributed by atoms with E-state index in [2.05, 4.69) is 18.7 Å². The molecule has 0 radical (unpaired) electrons. The molecule has 2 fully saturated rings. The fourth-order valence-electron chi connectivity index (χ4n) is 2.93. The van der Waals surface area contributed by atoms with E-state index in [0.29, 0.717) is 43.7 Å². The Morgan fingerprint density at radius 1 is 1.11 bits per heavy atom. The van der Waals surface area contributed by atoms with Crippen molar-refractivity contribution in [3.63, 3.8) is 0 Å². The van der Waals surface area contributed by atoms with E-state index in [0.717, 1.165) is 13.1 Å². The maximum Gasteiger partial charge on any atom is 0.236 e. The molecule has 2 aliphatic heterocycles. The smallest absolute Gasteiger partial charge is 0.236 e. The van der Waals surface area contributed by atoms with E-state index in [1.807, 2.05) is 4.90 Å². The van der Waals surface area contributed by atoms with Gasteiger partial charge in [0.2, 0.25) is 5.91 Å². The van der Waals surface area contributed by atoms with E-state index in [4.69, 9.17) is 0 Å². The summed E-state index contributed by atoms with van der Waals surface area (Å²) in [6.45, 7) is 8.45. The van der Waals surface area contributed by atoms with Gasteiger partial charge < -0.3 is 4.90 Å². The summed E-state index contributed by atoms with van der Waals surface area (Å²) in [5.41, 5.74) is 0.412. The number of piperidine rings is 1. The number of likely N-dealkylation sites (tertiary alicyclic amines) is 2. The zero-order valence-electron chi connectivity index (χ0n) is 12.3. The Morgan fingerprint density at radius 2 is 1.79 bits per heavy atom. The molecule has 4 heteroatoms. The predicted molar refractivity (Wildman–Crippen MR) is 74.9 cm³/mol. The summed E-state index contributed by atoms with van der Waals surface area (Å²) < 4.78 is 0. The lowest BCUT2D eigenvalue weighted by Gasteiger charge is -2.29. The Hall–Kier alpha value is -0.900. The molecule has 2 saturated heterocycles. The summed E-state index contributed by atoms with van der Waals surface area (Å²) in [7, 11) is 0. The monoisotopic (exact) mass is 266 g/mol. The first-order chi connectivity index (χ1) is 8.96. The molecule has 108 valence electrons. The van der Waals surface area contributed by atoms with Crippen LogP contribution in [0.25, 0.3) is 0 Å². The predicted octanol–water partition coefficient (Wildman–Crippen LogP) is 1.69. The van der Waals surface area contributed by atoms with Crippen LogP contribution in [0.4, 0.5) is 0 Å². The van der Waals surface area contributed by atoms with Crippen molar-refractivity contribution in [2.24, 2.45) is 5.41 Å². The number of carbonyl (C=O) groups is 2. The number of hydrogen-bond acceptors (Lipinski definition) is 3. The van der Waals surface area contributed by atoms with Crippen LogP contribution >= 0.6 is 0 Å². The normalized spacial score (nSPS) is 25.2. The Labute approximate surface area is 116 Å². The maximum absolute atomic E-state index is 12.2. The molecule has 4 nitrogen and oxygen atoms in total. The van der Waals surface area contributed by atoms with Crippen LogP contribution < -0.4 is 0 Å². The lowest BCUT2D eigenvalue weighted by molar-refractivity contribution is -0.135. The Kier molecular flexibility index (Phi) is 4.61. The van der Waals surface area contributed by atoms with Gasteiger partial charge >= 0.3 is 0 Å². The summed E-state index contributed by atoms with van der Waals surface area (Å²) in [5.74, 6) is 0.493. The molecule has 0 aliphatic carbocycles. The molecule has 2 heterocycles. The molecular weight excluding hydrogens is 240 g/mol. The highest BCUT2D eigenvalue weighted by Crippen LogP contribution is 2.29. The highest BCUT2D eigenvalue weighted by Gasteiger charge is 2.26. The number of carbonyl (C=O) groups excluding carboxylic acids is 2. The van der Waals surface area contributed by atoms with E-state index in [9.17, 15) is 9.59 Å². The lowest BCUT2D eigenvalue weighted by atomic mass is 9.85. The molecule has 0 aromatic heterocycles. The van der Waals surface area contributed by atoms with E-state index in [1.54, 1.807) is 0 Å². The molecule has 0 aromatic rings. The zero-order valence-corrected chi connectivity index (χ0v) is 12.3. The maximum atomic E-state index is 12.2. The molecule has 1 amide bonds. The highest BCUT2D eigenvalue weighted by molar-refractivity contribution is 5.84. The second-order valence-electron chi connectivity index (χ2n) is 6.71. The minimum absolute atomic E-state index is 0.201. The van der Waals surface area contributed by atoms with Crippen molar-refractivity contribution in [3.8, 4) is 0 Å². The third-order valence-electron chi connectivity index (χ3n) is 4.47. The van der Waals surface area contributed by atoms with E-state index < -0.39 is 0 Å². The van der Waals surface area contributed by atoms with Crippen LogP contribution in [0.2, 0.25) is 0 Å². The minimum Gasteiger partial charge on any atom is -0.341 e. The fourth-order valence-corrected chi connectivity index (χ4v) is 2.93. The third kappa shape index (κ3) is 4.30. The van der Waals surface area contributed by atoms with Gasteiger partial charge in [-0.15, -0.1) is 0 Å². The van der Waals surface area contributed by atoms with Crippen LogP contribution in [0, 0.1) is 5.41 Å². The van der Waals surface area contributed by atoms with Crippen molar-refractivity contribution in [1.29, 1.82) is 0 Å². The molecule has 19 heavy (non-hydrogen) atoms. The molecule has 0 aromatic carbocycles. The summed E-state index contributed by atoms with van der Waals surface area (Å²) in [6.07, 6.45) is 4.67. The SMILES string of the molecule is CC1(C)CCCN(CC(=O)N2CCC(=O)CC2)CC1. The van der Waals surface area contributed by atoms with Crippen molar-refractivity contribution in [1.82, 2.24) is 9.80 Å². The van der Waals surface area contributed by atoms with Gasteiger partial charge in [-0.05, 0) is 37.8 Å². The van der Waals surface area contributed by atoms with E-state index in [-0.39, 0.29) is 5.91 Å². The van der Waals surface area contributed by atoms with Gasteiger partial charge in [0.1, 0.15) is 5.78 Å². The van der Waals surface area contributed by atoms with Crippen LogP contribution in [-0.2, 0) is 9.59 Å². The second-order valence-corrected chi connectivity index (χ2v) is 6.71. The molecule has 0 atom stereocenters. The van der Waals surface area contributed by atoms with E-state index >= 15 is 0 Å². The second kappa shape index (κ2) is 6.04. The van der Waals surface area contributed by atoms with Crippen molar-refractivity contribution >= 4 is 11.7 Å². The highest BCUT2D eigenvalue weighted by atomic mass is 16.2. The summed E-state index contributed by atoms with van der Waals surface area (Å²) in [4.78, 5) is 27.6. The average molecular weight is 266 g/mol. The van der Waals surface area contributed by atoms with Gasteiger partial charge in [-0.3, -0.25) is 14.5 Å². The Morgan fingerprint density at radius 3 is 2.47 bits per heavy atom. The summed E-state index contributed by atoms with van der Waals surface area (Å²) in [5, 5.41) is 0. The average Bonchev–Trinajstić information content (AvgIpc) is 2.52. The largest absolute Gasteiger partial charge is 0.341 e. The lowest BCUT2D eigenvalue weighted by Crippen LogP contribution is -2.44. The van der Waals surface area contributed by atoms with Gasteiger partial charge in [0.15, 0.2) is 0 Å². The van der Waals surface area contributed by atoms with Crippen molar-refractivity contribution < 1.29 is 9.59 Å². The van der Waals surface area contributed by atoms with Crippen molar-refractivity contribution in [2.75, 3.05) is 32.7 Å². The first-order valence-electron chi connectivity index (χ1n) is 7.48. The van der Waals surface area contributed by atoms with Gasteiger partial charge in [-0.2, -0.15) is 0 Å². The fraction of sp³-hybridized carbons (Fsp3) is 0.867.